The lowest BCUT2D eigenvalue weighted by Crippen LogP contribution is -2.44. The highest BCUT2D eigenvalue weighted by atomic mass is 16.5. The van der Waals surface area contributed by atoms with Crippen LogP contribution in [0.1, 0.15) is 13.8 Å². The molecule has 0 aromatic rings. The normalized spacial score (nSPS) is 24.6. The van der Waals surface area contributed by atoms with Gasteiger partial charge in [0.05, 0.1) is 19.1 Å². The van der Waals surface area contributed by atoms with E-state index in [1.165, 1.54) is 0 Å². The fourth-order valence-electron chi connectivity index (χ4n) is 1.84. The van der Waals surface area contributed by atoms with Crippen LogP contribution in [0.4, 0.5) is 0 Å². The minimum absolute atomic E-state index is 0.0515. The molecule has 1 heterocycles. The van der Waals surface area contributed by atoms with Crippen LogP contribution in [0.15, 0.2) is 0 Å². The summed E-state index contributed by atoms with van der Waals surface area (Å²) in [4.78, 5) is 14.1. The Morgan fingerprint density at radius 3 is 2.76 bits per heavy atom. The van der Waals surface area contributed by atoms with Crippen LogP contribution in [-0.2, 0) is 9.53 Å². The summed E-state index contributed by atoms with van der Waals surface area (Å²) in [6.07, 6.45) is 0. The molecule has 17 heavy (non-hydrogen) atoms. The first-order chi connectivity index (χ1) is 8.06. The number of carbonyl (C=O) groups is 1. The number of hydrogen-bond acceptors (Lipinski definition) is 4. The largest absolute Gasteiger partial charge is 0.379 e. The van der Waals surface area contributed by atoms with Gasteiger partial charge in [0.25, 0.3) is 0 Å². The van der Waals surface area contributed by atoms with Crippen molar-refractivity contribution >= 4 is 5.91 Å². The number of rotatable bonds is 6. The van der Waals surface area contributed by atoms with Gasteiger partial charge in [-0.25, -0.2) is 0 Å². The Hall–Kier alpha value is -0.650. The predicted molar refractivity (Wildman–Crippen MR) is 67.9 cm³/mol. The molecule has 1 aliphatic rings. The van der Waals surface area contributed by atoms with E-state index in [0.29, 0.717) is 25.8 Å². The lowest BCUT2D eigenvalue weighted by atomic mass is 10.0. The summed E-state index contributed by atoms with van der Waals surface area (Å²) >= 11 is 0. The molecule has 0 spiro atoms. The van der Waals surface area contributed by atoms with E-state index in [4.69, 9.17) is 4.74 Å². The Bertz CT molecular complexity index is 246. The molecule has 0 aliphatic carbocycles. The predicted octanol–water partition coefficient (Wildman–Crippen LogP) is -0.323. The molecule has 5 heteroatoms. The Labute approximate surface area is 104 Å². The van der Waals surface area contributed by atoms with E-state index < -0.39 is 0 Å². The van der Waals surface area contributed by atoms with Gasteiger partial charge in [0.2, 0.25) is 5.91 Å². The van der Waals surface area contributed by atoms with Gasteiger partial charge in [-0.15, -0.1) is 0 Å². The van der Waals surface area contributed by atoms with Crippen molar-refractivity contribution in [3.63, 3.8) is 0 Å². The number of ether oxygens (including phenoxy) is 1. The van der Waals surface area contributed by atoms with Crippen molar-refractivity contribution < 1.29 is 9.53 Å². The molecule has 1 fully saturated rings. The summed E-state index contributed by atoms with van der Waals surface area (Å²) in [5, 5.41) is 6.09. The van der Waals surface area contributed by atoms with E-state index in [9.17, 15) is 4.79 Å². The van der Waals surface area contributed by atoms with Crippen LogP contribution in [0.5, 0.6) is 0 Å². The summed E-state index contributed by atoms with van der Waals surface area (Å²) < 4.78 is 5.31. The van der Waals surface area contributed by atoms with E-state index in [0.717, 1.165) is 6.54 Å². The molecule has 0 bridgehead atoms. The maximum atomic E-state index is 11.9. The van der Waals surface area contributed by atoms with Crippen LogP contribution < -0.4 is 10.6 Å². The Balaban J connectivity index is 2.25. The smallest absolute Gasteiger partial charge is 0.227 e. The molecular formula is C12H25N3O2. The number of amides is 1. The standard InChI is InChI=1S/C12H25N3O2/c1-9(2)15(4)6-5-14-12(16)10-7-17-8-11(10)13-3/h9-11,13H,5-8H2,1-4H3,(H,14,16). The number of nitrogens with zero attached hydrogens (tertiary/aromatic N) is 1. The minimum Gasteiger partial charge on any atom is -0.379 e. The quantitative estimate of drug-likeness (QED) is 0.671. The van der Waals surface area contributed by atoms with Crippen molar-refractivity contribution in [3.05, 3.63) is 0 Å². The van der Waals surface area contributed by atoms with Gasteiger partial charge in [0, 0.05) is 25.2 Å². The van der Waals surface area contributed by atoms with Crippen LogP contribution in [0.2, 0.25) is 0 Å². The third-order valence-electron chi connectivity index (χ3n) is 3.43. The van der Waals surface area contributed by atoms with Crippen molar-refractivity contribution in [2.75, 3.05) is 40.4 Å². The highest BCUT2D eigenvalue weighted by Gasteiger charge is 2.32. The number of nitrogens with one attached hydrogen (secondary N) is 2. The summed E-state index contributed by atoms with van der Waals surface area (Å²) in [7, 11) is 3.93. The van der Waals surface area contributed by atoms with Gasteiger partial charge in [0.1, 0.15) is 0 Å². The van der Waals surface area contributed by atoms with Gasteiger partial charge in [-0.05, 0) is 27.9 Å². The average Bonchev–Trinajstić information content (AvgIpc) is 2.76. The molecule has 0 radical (unpaired) electrons. The van der Waals surface area contributed by atoms with Crippen molar-refractivity contribution in [2.24, 2.45) is 5.92 Å². The lowest BCUT2D eigenvalue weighted by molar-refractivity contribution is -0.125. The first-order valence-corrected chi connectivity index (χ1v) is 6.29. The molecule has 0 aromatic carbocycles. The number of hydrogen-bond donors (Lipinski definition) is 2. The molecule has 1 rings (SSSR count). The lowest BCUT2D eigenvalue weighted by Gasteiger charge is -2.22. The summed E-state index contributed by atoms with van der Waals surface area (Å²) in [5.41, 5.74) is 0. The van der Waals surface area contributed by atoms with E-state index >= 15 is 0 Å². The number of likely N-dealkylation sites (N-methyl/N-ethyl adjacent to an activating group) is 2. The molecule has 2 unspecified atom stereocenters. The summed E-state index contributed by atoms with van der Waals surface area (Å²) in [5.74, 6) is 0.0448. The molecular weight excluding hydrogens is 218 g/mol. The zero-order valence-electron chi connectivity index (χ0n) is 11.3. The van der Waals surface area contributed by atoms with Gasteiger partial charge in [-0.2, -0.15) is 0 Å². The van der Waals surface area contributed by atoms with Crippen molar-refractivity contribution in [1.29, 1.82) is 0 Å². The Kier molecular flexibility index (Phi) is 5.88. The Morgan fingerprint density at radius 1 is 1.47 bits per heavy atom. The van der Waals surface area contributed by atoms with Crippen molar-refractivity contribution in [3.8, 4) is 0 Å². The van der Waals surface area contributed by atoms with Crippen LogP contribution >= 0.6 is 0 Å². The maximum absolute atomic E-state index is 11.9. The average molecular weight is 243 g/mol. The molecule has 100 valence electrons. The van der Waals surface area contributed by atoms with Gasteiger partial charge < -0.3 is 20.3 Å². The fraction of sp³-hybridized carbons (Fsp3) is 0.917. The second-order valence-electron chi connectivity index (χ2n) is 4.90. The molecule has 1 aliphatic heterocycles. The molecule has 2 atom stereocenters. The summed E-state index contributed by atoms with van der Waals surface area (Å²) in [6, 6.07) is 0.657. The van der Waals surface area contributed by atoms with Crippen LogP contribution in [0.25, 0.3) is 0 Å². The minimum atomic E-state index is -0.0515. The van der Waals surface area contributed by atoms with E-state index in [-0.39, 0.29) is 17.9 Å². The zero-order valence-corrected chi connectivity index (χ0v) is 11.3. The molecule has 5 nitrogen and oxygen atoms in total. The summed E-state index contributed by atoms with van der Waals surface area (Å²) in [6.45, 7) is 7.01. The van der Waals surface area contributed by atoms with E-state index in [1.807, 2.05) is 7.05 Å². The molecule has 2 N–H and O–H groups in total. The first-order valence-electron chi connectivity index (χ1n) is 6.29. The van der Waals surface area contributed by atoms with Gasteiger partial charge in [-0.3, -0.25) is 4.79 Å². The van der Waals surface area contributed by atoms with Crippen LogP contribution in [0, 0.1) is 5.92 Å². The second-order valence-corrected chi connectivity index (χ2v) is 4.90. The topological polar surface area (TPSA) is 53.6 Å². The zero-order chi connectivity index (χ0) is 12.8. The van der Waals surface area contributed by atoms with Crippen molar-refractivity contribution in [1.82, 2.24) is 15.5 Å². The molecule has 1 saturated heterocycles. The fourth-order valence-corrected chi connectivity index (χ4v) is 1.84. The molecule has 0 saturated carbocycles. The van der Waals surface area contributed by atoms with Gasteiger partial charge >= 0.3 is 0 Å². The van der Waals surface area contributed by atoms with E-state index in [1.54, 1.807) is 0 Å². The third-order valence-corrected chi connectivity index (χ3v) is 3.43. The monoisotopic (exact) mass is 243 g/mol. The van der Waals surface area contributed by atoms with Crippen molar-refractivity contribution in [2.45, 2.75) is 25.9 Å². The SMILES string of the molecule is CNC1COCC1C(=O)NCCN(C)C(C)C. The first kappa shape index (κ1) is 14.4. The number of carbonyl (C=O) groups excluding carboxylic acids is 1. The van der Waals surface area contributed by atoms with Gasteiger partial charge in [-0.1, -0.05) is 0 Å². The van der Waals surface area contributed by atoms with Gasteiger partial charge in [0.15, 0.2) is 0 Å². The second kappa shape index (κ2) is 6.93. The van der Waals surface area contributed by atoms with E-state index in [2.05, 4.69) is 36.4 Å². The molecule has 0 aromatic heterocycles. The highest BCUT2D eigenvalue weighted by molar-refractivity contribution is 5.79. The van der Waals surface area contributed by atoms with Crippen LogP contribution in [0.3, 0.4) is 0 Å². The van der Waals surface area contributed by atoms with Crippen LogP contribution in [-0.4, -0.2) is 63.3 Å². The third kappa shape index (κ3) is 4.26. The molecule has 1 amide bonds. The maximum Gasteiger partial charge on any atom is 0.227 e. The highest BCUT2D eigenvalue weighted by Crippen LogP contribution is 2.13. The Morgan fingerprint density at radius 2 is 2.18 bits per heavy atom.